The summed E-state index contributed by atoms with van der Waals surface area (Å²) in [5, 5.41) is 12.3. The maximum atomic E-state index is 4.83. The third-order valence-corrected chi connectivity index (χ3v) is 6.54. The fraction of sp³-hybridized carbons (Fsp3) is 0.579. The highest BCUT2D eigenvalue weighted by atomic mass is 15.6. The molecule has 3 fully saturated rings. The van der Waals surface area contributed by atoms with Gasteiger partial charge in [-0.15, -0.1) is 0 Å². The number of nitrogens with one attached hydrogen (secondary N) is 2. The van der Waals surface area contributed by atoms with Gasteiger partial charge in [0.15, 0.2) is 0 Å². The Hall–Kier alpha value is -2.48. The van der Waals surface area contributed by atoms with Crippen LogP contribution in [-0.2, 0) is 0 Å². The molecule has 3 atom stereocenters. The van der Waals surface area contributed by atoms with E-state index in [0.29, 0.717) is 12.0 Å². The predicted octanol–water partition coefficient (Wildman–Crippen LogP) is 2.34. The fourth-order valence-corrected chi connectivity index (χ4v) is 5.04. The molecule has 2 aliphatic carbocycles. The normalized spacial score (nSPS) is 29.8. The van der Waals surface area contributed by atoms with Gasteiger partial charge < -0.3 is 5.32 Å². The van der Waals surface area contributed by atoms with Crippen molar-refractivity contribution in [3.8, 4) is 0 Å². The first kappa shape index (κ1) is 15.6. The van der Waals surface area contributed by atoms with E-state index in [1.807, 2.05) is 29.5 Å². The Bertz CT molecular complexity index is 957. The van der Waals surface area contributed by atoms with Gasteiger partial charge in [0, 0.05) is 12.5 Å². The number of rotatable bonds is 4. The summed E-state index contributed by atoms with van der Waals surface area (Å²) >= 11 is 0. The largest absolute Gasteiger partial charge is 0.315 e. The number of anilines is 1. The molecule has 1 saturated heterocycles. The van der Waals surface area contributed by atoms with Crippen LogP contribution in [0.3, 0.4) is 0 Å². The summed E-state index contributed by atoms with van der Waals surface area (Å²) in [6.45, 7) is 2.03. The average Bonchev–Trinajstić information content (AvgIpc) is 3.14. The van der Waals surface area contributed by atoms with Crippen molar-refractivity contribution < 1.29 is 0 Å². The van der Waals surface area contributed by atoms with Crippen LogP contribution in [0, 0.1) is 11.8 Å². The summed E-state index contributed by atoms with van der Waals surface area (Å²) in [6.07, 6.45) is 14.2. The smallest absolute Gasteiger partial charge is 0.132 e. The molecule has 2 N–H and O–H groups in total. The molecule has 3 aromatic heterocycles. The first-order chi connectivity index (χ1) is 13.4. The van der Waals surface area contributed by atoms with Crippen molar-refractivity contribution >= 4 is 16.7 Å². The van der Waals surface area contributed by atoms with Gasteiger partial charge in [0.2, 0.25) is 0 Å². The molecule has 0 aromatic carbocycles. The zero-order valence-electron chi connectivity index (χ0n) is 15.3. The van der Waals surface area contributed by atoms with Gasteiger partial charge in [0.05, 0.1) is 36.5 Å². The lowest BCUT2D eigenvalue weighted by atomic mass is 10.0. The van der Waals surface area contributed by atoms with Crippen LogP contribution in [0.25, 0.3) is 11.0 Å². The Morgan fingerprint density at radius 3 is 2.74 bits per heavy atom. The van der Waals surface area contributed by atoms with Gasteiger partial charge >= 0.3 is 0 Å². The van der Waals surface area contributed by atoms with E-state index in [4.69, 9.17) is 9.97 Å². The number of nitrogens with zero attached hydrogens (tertiary/aromatic N) is 6. The molecule has 6 rings (SSSR count). The molecule has 3 unspecified atom stereocenters. The van der Waals surface area contributed by atoms with Gasteiger partial charge in [-0.2, -0.15) is 15.0 Å². The number of hydrogen-bond acceptors (Lipinski definition) is 6. The van der Waals surface area contributed by atoms with E-state index >= 15 is 0 Å². The standard InChI is InChI=1S/C19H24N8/c1-2-4-15-14(3-1)18(15)19-21-10-17-16(24-19)9-23-27(17)25-12-7-22-26(11-12)13-5-6-20-8-13/h7,9-11,13-15,18,20,25H,1-6,8H2. The van der Waals surface area contributed by atoms with Crippen LogP contribution in [-0.4, -0.2) is 42.7 Å². The van der Waals surface area contributed by atoms with Crippen LogP contribution in [0.2, 0.25) is 0 Å². The SMILES string of the molecule is c1nn(C2CCNC2)cc1Nn1ncc2nc(C3C4CCCCC43)ncc21. The van der Waals surface area contributed by atoms with Crippen LogP contribution in [0.1, 0.15) is 49.9 Å². The summed E-state index contributed by atoms with van der Waals surface area (Å²) in [5.74, 6) is 3.23. The Kier molecular flexibility index (Phi) is 3.47. The lowest BCUT2D eigenvalue weighted by Gasteiger charge is -2.08. The summed E-state index contributed by atoms with van der Waals surface area (Å²) in [5.41, 5.74) is 6.03. The lowest BCUT2D eigenvalue weighted by Crippen LogP contribution is -2.14. The topological polar surface area (TPSA) is 85.5 Å². The lowest BCUT2D eigenvalue weighted by molar-refractivity contribution is 0.480. The highest BCUT2D eigenvalue weighted by Crippen LogP contribution is 2.60. The molecule has 3 aliphatic rings. The Labute approximate surface area is 157 Å². The van der Waals surface area contributed by atoms with Crippen molar-refractivity contribution in [3.05, 3.63) is 30.6 Å². The van der Waals surface area contributed by atoms with E-state index < -0.39 is 0 Å². The fourth-order valence-electron chi connectivity index (χ4n) is 5.04. The molecule has 3 aromatic rings. The Balaban J connectivity index is 1.23. The molecule has 1 aliphatic heterocycles. The summed E-state index contributed by atoms with van der Waals surface area (Å²) in [6, 6.07) is 0.433. The first-order valence-electron chi connectivity index (χ1n) is 10.1. The van der Waals surface area contributed by atoms with Crippen LogP contribution in [0.15, 0.2) is 24.8 Å². The zero-order chi connectivity index (χ0) is 17.8. The van der Waals surface area contributed by atoms with Gasteiger partial charge in [-0.05, 0) is 37.6 Å². The Morgan fingerprint density at radius 1 is 1.04 bits per heavy atom. The zero-order valence-corrected chi connectivity index (χ0v) is 15.3. The maximum absolute atomic E-state index is 4.83. The molecular formula is C19H24N8. The van der Waals surface area contributed by atoms with Gasteiger partial charge in [0.1, 0.15) is 16.9 Å². The number of aromatic nitrogens is 6. The van der Waals surface area contributed by atoms with E-state index in [0.717, 1.165) is 53.9 Å². The summed E-state index contributed by atoms with van der Waals surface area (Å²) < 4.78 is 2.03. The molecule has 4 heterocycles. The molecule has 0 bridgehead atoms. The third-order valence-electron chi connectivity index (χ3n) is 6.54. The molecule has 8 heteroatoms. The van der Waals surface area contributed by atoms with E-state index in [2.05, 4.69) is 20.9 Å². The molecule has 2 saturated carbocycles. The summed E-state index contributed by atoms with van der Waals surface area (Å²) in [4.78, 5) is 11.3. The van der Waals surface area contributed by atoms with Gasteiger partial charge in [-0.25, -0.2) is 9.97 Å². The van der Waals surface area contributed by atoms with Crippen molar-refractivity contribution in [2.24, 2.45) is 11.8 Å². The monoisotopic (exact) mass is 364 g/mol. The molecule has 8 nitrogen and oxygen atoms in total. The van der Waals surface area contributed by atoms with E-state index in [9.17, 15) is 0 Å². The minimum absolute atomic E-state index is 0.433. The number of hydrogen-bond donors (Lipinski definition) is 2. The van der Waals surface area contributed by atoms with Gasteiger partial charge in [-0.3, -0.25) is 10.1 Å². The highest BCUT2D eigenvalue weighted by Gasteiger charge is 2.52. The molecule has 0 amide bonds. The second-order valence-electron chi connectivity index (χ2n) is 8.16. The quantitative estimate of drug-likeness (QED) is 0.739. The minimum Gasteiger partial charge on any atom is -0.315 e. The second-order valence-corrected chi connectivity index (χ2v) is 8.16. The second kappa shape index (κ2) is 6.02. The van der Waals surface area contributed by atoms with Crippen LogP contribution >= 0.6 is 0 Å². The van der Waals surface area contributed by atoms with Crippen molar-refractivity contribution in [1.82, 2.24) is 35.0 Å². The molecule has 140 valence electrons. The minimum atomic E-state index is 0.433. The van der Waals surface area contributed by atoms with Crippen LogP contribution < -0.4 is 10.7 Å². The van der Waals surface area contributed by atoms with Crippen LogP contribution in [0.4, 0.5) is 5.69 Å². The summed E-state index contributed by atoms with van der Waals surface area (Å²) in [7, 11) is 0. The highest BCUT2D eigenvalue weighted by molar-refractivity contribution is 5.73. The average molecular weight is 364 g/mol. The van der Waals surface area contributed by atoms with Crippen molar-refractivity contribution in [2.75, 3.05) is 18.5 Å². The van der Waals surface area contributed by atoms with E-state index in [-0.39, 0.29) is 0 Å². The molecule has 0 radical (unpaired) electrons. The van der Waals surface area contributed by atoms with Crippen molar-refractivity contribution in [1.29, 1.82) is 0 Å². The molecule has 0 spiro atoms. The predicted molar refractivity (Wildman–Crippen MR) is 101 cm³/mol. The molecule has 27 heavy (non-hydrogen) atoms. The van der Waals surface area contributed by atoms with Gasteiger partial charge in [0.25, 0.3) is 0 Å². The van der Waals surface area contributed by atoms with E-state index in [1.54, 1.807) is 4.79 Å². The van der Waals surface area contributed by atoms with Crippen molar-refractivity contribution in [2.45, 2.75) is 44.1 Å². The maximum Gasteiger partial charge on any atom is 0.132 e. The van der Waals surface area contributed by atoms with E-state index in [1.165, 1.54) is 25.7 Å². The van der Waals surface area contributed by atoms with Crippen LogP contribution in [0.5, 0.6) is 0 Å². The number of fused-ring (bicyclic) bond motifs is 2. The Morgan fingerprint density at radius 2 is 1.93 bits per heavy atom. The van der Waals surface area contributed by atoms with Crippen molar-refractivity contribution in [3.63, 3.8) is 0 Å². The molecular weight excluding hydrogens is 340 g/mol. The third kappa shape index (κ3) is 2.62. The first-order valence-corrected chi connectivity index (χ1v) is 10.1. The van der Waals surface area contributed by atoms with Gasteiger partial charge in [-0.1, -0.05) is 12.8 Å².